The number of carbonyl (C=O) groups is 1. The third kappa shape index (κ3) is 9.07. The van der Waals surface area contributed by atoms with Crippen LogP contribution in [0.15, 0.2) is 30.3 Å². The summed E-state index contributed by atoms with van der Waals surface area (Å²) in [6.07, 6.45) is -3.91. The van der Waals surface area contributed by atoms with E-state index in [2.05, 4.69) is 0 Å². The van der Waals surface area contributed by atoms with Gasteiger partial charge in [0, 0.05) is 19.5 Å². The van der Waals surface area contributed by atoms with E-state index in [1.165, 1.54) is 0 Å². The summed E-state index contributed by atoms with van der Waals surface area (Å²) in [6, 6.07) is 9.30. The molecule has 1 N–H and O–H groups in total. The number of nitrogens with zero attached hydrogens (tertiary/aromatic N) is 1. The van der Waals surface area contributed by atoms with Crippen molar-refractivity contribution >= 4 is 5.97 Å². The normalized spacial score (nSPS) is 11.8. The maximum atomic E-state index is 12.3. The van der Waals surface area contributed by atoms with E-state index < -0.39 is 18.6 Å². The Bertz CT molecular complexity index is 421. The third-order valence-electron chi connectivity index (χ3n) is 3.08. The molecule has 1 aromatic carbocycles. The number of halogens is 3. The summed E-state index contributed by atoms with van der Waals surface area (Å²) in [6.45, 7) is 0.855. The van der Waals surface area contributed by atoms with Crippen molar-refractivity contribution in [1.82, 2.24) is 4.90 Å². The summed E-state index contributed by atoms with van der Waals surface area (Å²) in [4.78, 5) is 12.2. The first-order valence-electron chi connectivity index (χ1n) is 6.91. The third-order valence-corrected chi connectivity index (χ3v) is 3.08. The van der Waals surface area contributed by atoms with Gasteiger partial charge in [-0.1, -0.05) is 30.3 Å². The van der Waals surface area contributed by atoms with E-state index in [1.807, 2.05) is 30.3 Å². The quantitative estimate of drug-likeness (QED) is 0.707. The molecule has 0 aliphatic rings. The molecule has 0 aliphatic carbocycles. The minimum absolute atomic E-state index is 0.0540. The van der Waals surface area contributed by atoms with Crippen LogP contribution in [-0.2, 0) is 11.3 Å². The van der Waals surface area contributed by atoms with Crippen LogP contribution >= 0.6 is 0 Å². The first kappa shape index (κ1) is 17.5. The van der Waals surface area contributed by atoms with Crippen molar-refractivity contribution in [3.63, 3.8) is 0 Å². The van der Waals surface area contributed by atoms with Crippen LogP contribution < -0.4 is 0 Å². The molecule has 0 amide bonds. The lowest BCUT2D eigenvalue weighted by Gasteiger charge is -2.23. The minimum atomic E-state index is -4.17. The minimum Gasteiger partial charge on any atom is -0.481 e. The molecule has 0 bridgehead atoms. The van der Waals surface area contributed by atoms with Gasteiger partial charge in [0.2, 0.25) is 0 Å². The van der Waals surface area contributed by atoms with Gasteiger partial charge >= 0.3 is 12.1 Å². The van der Waals surface area contributed by atoms with Gasteiger partial charge in [-0.05, 0) is 24.9 Å². The number of carboxylic acids is 1. The van der Waals surface area contributed by atoms with Crippen LogP contribution in [0.3, 0.4) is 0 Å². The number of aliphatic carboxylic acids is 1. The van der Waals surface area contributed by atoms with Gasteiger partial charge < -0.3 is 5.11 Å². The van der Waals surface area contributed by atoms with Crippen molar-refractivity contribution in [1.29, 1.82) is 0 Å². The number of hydrogen-bond donors (Lipinski definition) is 1. The predicted molar refractivity (Wildman–Crippen MR) is 73.9 cm³/mol. The Morgan fingerprint density at radius 3 is 2.33 bits per heavy atom. The van der Waals surface area contributed by atoms with Gasteiger partial charge in [0.1, 0.15) is 0 Å². The van der Waals surface area contributed by atoms with Crippen molar-refractivity contribution in [3.8, 4) is 0 Å². The van der Waals surface area contributed by atoms with Gasteiger partial charge in [-0.25, -0.2) is 0 Å². The summed E-state index contributed by atoms with van der Waals surface area (Å²) >= 11 is 0. The Morgan fingerprint density at radius 2 is 1.76 bits per heavy atom. The Morgan fingerprint density at radius 1 is 1.10 bits per heavy atom. The second kappa shape index (κ2) is 8.67. The molecule has 0 aromatic heterocycles. The van der Waals surface area contributed by atoms with E-state index in [4.69, 9.17) is 5.11 Å². The van der Waals surface area contributed by atoms with E-state index in [1.54, 1.807) is 4.90 Å². The SMILES string of the molecule is O=C(O)CCCCN(CCC(F)(F)F)Cc1ccccc1. The Labute approximate surface area is 122 Å². The largest absolute Gasteiger partial charge is 0.481 e. The van der Waals surface area contributed by atoms with Gasteiger partial charge in [0.05, 0.1) is 6.42 Å². The van der Waals surface area contributed by atoms with Crippen LogP contribution in [0.1, 0.15) is 31.2 Å². The zero-order chi connectivity index (χ0) is 15.7. The highest BCUT2D eigenvalue weighted by molar-refractivity contribution is 5.66. The van der Waals surface area contributed by atoms with E-state index in [0.717, 1.165) is 5.56 Å². The van der Waals surface area contributed by atoms with Crippen LogP contribution in [-0.4, -0.2) is 35.2 Å². The maximum Gasteiger partial charge on any atom is 0.390 e. The molecule has 0 unspecified atom stereocenters. The first-order valence-corrected chi connectivity index (χ1v) is 6.91. The number of hydrogen-bond acceptors (Lipinski definition) is 2. The first-order chi connectivity index (χ1) is 9.87. The zero-order valence-electron chi connectivity index (χ0n) is 11.8. The molecule has 0 saturated heterocycles. The van der Waals surface area contributed by atoms with E-state index in [9.17, 15) is 18.0 Å². The summed E-state index contributed by atoms with van der Waals surface area (Å²) < 4.78 is 37.0. The summed E-state index contributed by atoms with van der Waals surface area (Å²) in [5.74, 6) is -0.875. The summed E-state index contributed by atoms with van der Waals surface area (Å²) in [7, 11) is 0. The van der Waals surface area contributed by atoms with Gasteiger partial charge in [-0.2, -0.15) is 13.2 Å². The van der Waals surface area contributed by atoms with Gasteiger partial charge in [-0.3, -0.25) is 9.69 Å². The average Bonchev–Trinajstić information content (AvgIpc) is 2.40. The fraction of sp³-hybridized carbons (Fsp3) is 0.533. The van der Waals surface area contributed by atoms with Crippen LogP contribution in [0.25, 0.3) is 0 Å². The molecular formula is C15H20F3NO2. The lowest BCUT2D eigenvalue weighted by Crippen LogP contribution is -2.29. The molecule has 0 fully saturated rings. The second-order valence-corrected chi connectivity index (χ2v) is 4.98. The number of alkyl halides is 3. The van der Waals surface area contributed by atoms with Crippen LogP contribution in [0.2, 0.25) is 0 Å². The monoisotopic (exact) mass is 303 g/mol. The predicted octanol–water partition coefficient (Wildman–Crippen LogP) is 3.70. The zero-order valence-corrected chi connectivity index (χ0v) is 11.8. The van der Waals surface area contributed by atoms with Crippen LogP contribution in [0.5, 0.6) is 0 Å². The molecule has 1 rings (SSSR count). The molecule has 0 atom stereocenters. The van der Waals surface area contributed by atoms with Crippen molar-refractivity contribution in [2.45, 2.75) is 38.4 Å². The molecule has 21 heavy (non-hydrogen) atoms. The molecule has 0 radical (unpaired) electrons. The van der Waals surface area contributed by atoms with Crippen molar-refractivity contribution < 1.29 is 23.1 Å². The Balaban J connectivity index is 2.47. The summed E-state index contributed by atoms with van der Waals surface area (Å²) in [5, 5.41) is 8.56. The van der Waals surface area contributed by atoms with Gasteiger partial charge in [-0.15, -0.1) is 0 Å². The van der Waals surface area contributed by atoms with Crippen molar-refractivity contribution in [2.24, 2.45) is 0 Å². The van der Waals surface area contributed by atoms with Crippen LogP contribution in [0.4, 0.5) is 13.2 Å². The molecule has 6 heteroatoms. The Kier molecular flexibility index (Phi) is 7.22. The Hall–Kier alpha value is -1.56. The van der Waals surface area contributed by atoms with Gasteiger partial charge in [0.25, 0.3) is 0 Å². The number of rotatable bonds is 9. The van der Waals surface area contributed by atoms with Crippen molar-refractivity contribution in [2.75, 3.05) is 13.1 Å². The number of benzene rings is 1. The molecule has 118 valence electrons. The lowest BCUT2D eigenvalue weighted by molar-refractivity contribution is -0.138. The highest BCUT2D eigenvalue weighted by atomic mass is 19.4. The van der Waals surface area contributed by atoms with Crippen molar-refractivity contribution in [3.05, 3.63) is 35.9 Å². The molecule has 0 heterocycles. The average molecular weight is 303 g/mol. The van der Waals surface area contributed by atoms with E-state index in [0.29, 0.717) is 25.9 Å². The maximum absolute atomic E-state index is 12.3. The molecule has 1 aromatic rings. The molecule has 0 aliphatic heterocycles. The topological polar surface area (TPSA) is 40.5 Å². The standard InChI is InChI=1S/C15H20F3NO2/c16-15(17,18)9-11-19(10-5-4-8-14(20)21)12-13-6-2-1-3-7-13/h1-3,6-7H,4-5,8-12H2,(H,20,21). The fourth-order valence-electron chi connectivity index (χ4n) is 2.01. The van der Waals surface area contributed by atoms with Gasteiger partial charge in [0.15, 0.2) is 0 Å². The lowest BCUT2D eigenvalue weighted by atomic mass is 10.2. The second-order valence-electron chi connectivity index (χ2n) is 4.98. The molecule has 0 spiro atoms. The smallest absolute Gasteiger partial charge is 0.390 e. The van der Waals surface area contributed by atoms with Crippen LogP contribution in [0, 0.1) is 0 Å². The van der Waals surface area contributed by atoms with E-state index >= 15 is 0 Å². The highest BCUT2D eigenvalue weighted by Crippen LogP contribution is 2.20. The number of unbranched alkanes of at least 4 members (excludes halogenated alkanes) is 1. The molecule has 0 saturated carbocycles. The highest BCUT2D eigenvalue weighted by Gasteiger charge is 2.27. The molecule has 3 nitrogen and oxygen atoms in total. The fourth-order valence-corrected chi connectivity index (χ4v) is 2.01. The van der Waals surface area contributed by atoms with E-state index in [-0.39, 0.29) is 13.0 Å². The summed E-state index contributed by atoms with van der Waals surface area (Å²) in [5.41, 5.74) is 0.956. The number of carboxylic acid groups (broad SMARTS) is 1. The molecular weight excluding hydrogens is 283 g/mol.